The van der Waals surface area contributed by atoms with E-state index in [0.717, 1.165) is 36.5 Å². The highest BCUT2D eigenvalue weighted by Gasteiger charge is 2.33. The number of aromatic nitrogens is 3. The van der Waals surface area contributed by atoms with E-state index in [2.05, 4.69) is 19.9 Å². The summed E-state index contributed by atoms with van der Waals surface area (Å²) in [7, 11) is 0. The molecule has 2 N–H and O–H groups in total. The standard InChI is InChI=1S/C18H15F3N4O/c19-18(20,21)15-7-14-16(23-9-24-17(14)25-15)22-8-11-3-1-2-10-6-12(26)4-5-13(10)11/h4-9,11,26H,1-3H2,(H,23,24,25)/b22-8-. The summed E-state index contributed by atoms with van der Waals surface area (Å²) in [5.74, 6) is 0.462. The first kappa shape index (κ1) is 16.6. The number of hydrogen-bond donors (Lipinski definition) is 2. The molecule has 0 amide bonds. The molecule has 1 aliphatic carbocycles. The molecule has 3 aromatic rings. The predicted octanol–water partition coefficient (Wildman–Crippen LogP) is 4.50. The van der Waals surface area contributed by atoms with Crippen LogP contribution in [0, 0.1) is 0 Å². The van der Waals surface area contributed by atoms with E-state index >= 15 is 0 Å². The number of phenolic OH excluding ortho intramolecular Hbond substituents is 1. The van der Waals surface area contributed by atoms with Crippen LogP contribution in [0.5, 0.6) is 5.75 Å². The first-order chi connectivity index (χ1) is 12.4. The number of fused-ring (bicyclic) bond motifs is 2. The highest BCUT2D eigenvalue weighted by atomic mass is 19.4. The normalized spacial score (nSPS) is 17.7. The van der Waals surface area contributed by atoms with Crippen LogP contribution in [-0.4, -0.2) is 26.3 Å². The van der Waals surface area contributed by atoms with Gasteiger partial charge in [-0.1, -0.05) is 6.07 Å². The summed E-state index contributed by atoms with van der Waals surface area (Å²) in [6.45, 7) is 0. The number of rotatable bonds is 2. The number of H-pyrrole nitrogens is 1. The number of nitrogens with one attached hydrogen (secondary N) is 1. The molecule has 2 heterocycles. The second-order valence-corrected chi connectivity index (χ2v) is 6.30. The number of benzene rings is 1. The molecule has 0 spiro atoms. The Morgan fingerprint density at radius 2 is 2.08 bits per heavy atom. The van der Waals surface area contributed by atoms with Crippen molar-refractivity contribution in [2.75, 3.05) is 0 Å². The van der Waals surface area contributed by atoms with Gasteiger partial charge in [-0.2, -0.15) is 13.2 Å². The first-order valence-corrected chi connectivity index (χ1v) is 8.19. The van der Waals surface area contributed by atoms with Crippen molar-refractivity contribution in [2.45, 2.75) is 31.4 Å². The fraction of sp³-hybridized carbons (Fsp3) is 0.278. The molecule has 1 aromatic carbocycles. The Bertz CT molecular complexity index is 994. The van der Waals surface area contributed by atoms with Gasteiger partial charge in [-0.05, 0) is 48.6 Å². The number of alkyl halides is 3. The van der Waals surface area contributed by atoms with E-state index in [1.807, 2.05) is 6.07 Å². The lowest BCUT2D eigenvalue weighted by Gasteiger charge is -2.22. The van der Waals surface area contributed by atoms with Gasteiger partial charge in [-0.25, -0.2) is 15.0 Å². The second kappa shape index (κ2) is 6.12. The van der Waals surface area contributed by atoms with Crippen molar-refractivity contribution < 1.29 is 18.3 Å². The minimum absolute atomic E-state index is 0.0328. The lowest BCUT2D eigenvalue weighted by Crippen LogP contribution is -2.10. The van der Waals surface area contributed by atoms with Gasteiger partial charge in [0.25, 0.3) is 0 Å². The summed E-state index contributed by atoms with van der Waals surface area (Å²) in [5.41, 5.74) is 1.38. The maximum absolute atomic E-state index is 12.9. The number of aromatic hydroxyl groups is 1. The van der Waals surface area contributed by atoms with Crippen LogP contribution in [0.4, 0.5) is 19.0 Å². The quantitative estimate of drug-likeness (QED) is 0.661. The van der Waals surface area contributed by atoms with Gasteiger partial charge in [0.1, 0.15) is 23.4 Å². The number of aliphatic imine (C=N–C) groups is 1. The first-order valence-electron chi connectivity index (χ1n) is 8.19. The summed E-state index contributed by atoms with van der Waals surface area (Å²) in [4.78, 5) is 14.5. The van der Waals surface area contributed by atoms with Gasteiger partial charge in [0.05, 0.1) is 5.39 Å². The topological polar surface area (TPSA) is 74.2 Å². The zero-order chi connectivity index (χ0) is 18.3. The molecule has 26 heavy (non-hydrogen) atoms. The van der Waals surface area contributed by atoms with E-state index in [9.17, 15) is 18.3 Å². The van der Waals surface area contributed by atoms with E-state index in [1.54, 1.807) is 18.3 Å². The number of phenols is 1. The Morgan fingerprint density at radius 1 is 1.23 bits per heavy atom. The number of aryl methyl sites for hydroxylation is 1. The van der Waals surface area contributed by atoms with Crippen molar-refractivity contribution in [3.8, 4) is 5.75 Å². The lowest BCUT2D eigenvalue weighted by molar-refractivity contribution is -0.140. The minimum atomic E-state index is -4.48. The third-order valence-corrected chi connectivity index (χ3v) is 4.57. The lowest BCUT2D eigenvalue weighted by atomic mass is 9.83. The Balaban J connectivity index is 1.69. The number of aromatic amines is 1. The summed E-state index contributed by atoms with van der Waals surface area (Å²) in [6, 6.07) is 6.23. The molecule has 134 valence electrons. The molecular weight excluding hydrogens is 345 g/mol. The maximum Gasteiger partial charge on any atom is 0.431 e. The molecule has 0 radical (unpaired) electrons. The fourth-order valence-electron chi connectivity index (χ4n) is 3.34. The number of hydrogen-bond acceptors (Lipinski definition) is 4. The van der Waals surface area contributed by atoms with E-state index < -0.39 is 11.9 Å². The van der Waals surface area contributed by atoms with E-state index in [1.165, 1.54) is 6.33 Å². The Morgan fingerprint density at radius 3 is 2.88 bits per heavy atom. The van der Waals surface area contributed by atoms with Crippen LogP contribution in [0.25, 0.3) is 11.0 Å². The monoisotopic (exact) mass is 360 g/mol. The second-order valence-electron chi connectivity index (χ2n) is 6.30. The van der Waals surface area contributed by atoms with Crippen molar-refractivity contribution >= 4 is 23.1 Å². The molecule has 4 rings (SSSR count). The van der Waals surface area contributed by atoms with Crippen LogP contribution in [0.15, 0.2) is 35.6 Å². The average Bonchev–Trinajstić information content (AvgIpc) is 3.04. The maximum atomic E-state index is 12.9. The van der Waals surface area contributed by atoms with Crippen molar-refractivity contribution in [1.29, 1.82) is 0 Å². The van der Waals surface area contributed by atoms with E-state index in [-0.39, 0.29) is 28.5 Å². The Hall–Kier alpha value is -2.90. The van der Waals surface area contributed by atoms with Crippen molar-refractivity contribution in [1.82, 2.24) is 15.0 Å². The zero-order valence-electron chi connectivity index (χ0n) is 13.6. The Labute approximate surface area is 146 Å². The molecule has 0 fully saturated rings. The fourth-order valence-corrected chi connectivity index (χ4v) is 3.34. The molecule has 1 atom stereocenters. The van der Waals surface area contributed by atoms with Gasteiger partial charge in [-0.3, -0.25) is 0 Å². The predicted molar refractivity (Wildman–Crippen MR) is 90.8 cm³/mol. The molecule has 1 unspecified atom stereocenters. The van der Waals surface area contributed by atoms with Gasteiger partial charge in [-0.15, -0.1) is 0 Å². The molecular formula is C18H15F3N4O. The van der Waals surface area contributed by atoms with Crippen LogP contribution in [0.3, 0.4) is 0 Å². The SMILES string of the molecule is Oc1ccc2c(c1)CCCC2/C=N\c1ncnc2[nH]c(C(F)(F)F)cc12. The summed E-state index contributed by atoms with van der Waals surface area (Å²) in [6.07, 6.45) is 1.16. The molecule has 0 aliphatic heterocycles. The average molecular weight is 360 g/mol. The van der Waals surface area contributed by atoms with Gasteiger partial charge in [0, 0.05) is 12.1 Å². The van der Waals surface area contributed by atoms with Crippen molar-refractivity contribution in [3.63, 3.8) is 0 Å². The molecule has 5 nitrogen and oxygen atoms in total. The van der Waals surface area contributed by atoms with Gasteiger partial charge < -0.3 is 10.1 Å². The molecule has 2 aromatic heterocycles. The van der Waals surface area contributed by atoms with Gasteiger partial charge in [0.2, 0.25) is 0 Å². The molecule has 0 bridgehead atoms. The molecule has 1 aliphatic rings. The number of nitrogens with zero attached hydrogens (tertiary/aromatic N) is 3. The molecule has 0 saturated heterocycles. The summed E-state index contributed by atoms with van der Waals surface area (Å²) >= 11 is 0. The van der Waals surface area contributed by atoms with Gasteiger partial charge >= 0.3 is 6.18 Å². The highest BCUT2D eigenvalue weighted by molar-refractivity contribution is 5.88. The van der Waals surface area contributed by atoms with Crippen LogP contribution in [0.2, 0.25) is 0 Å². The van der Waals surface area contributed by atoms with Crippen LogP contribution in [0.1, 0.15) is 35.6 Å². The summed E-state index contributed by atoms with van der Waals surface area (Å²) in [5, 5.41) is 9.86. The number of halogens is 3. The van der Waals surface area contributed by atoms with E-state index in [4.69, 9.17) is 0 Å². The minimum Gasteiger partial charge on any atom is -0.508 e. The molecule has 0 saturated carbocycles. The Kier molecular flexibility index (Phi) is 3.90. The van der Waals surface area contributed by atoms with Crippen LogP contribution >= 0.6 is 0 Å². The smallest absolute Gasteiger partial charge is 0.431 e. The summed E-state index contributed by atoms with van der Waals surface area (Å²) < 4.78 is 38.7. The van der Waals surface area contributed by atoms with E-state index in [0.29, 0.717) is 0 Å². The van der Waals surface area contributed by atoms with Crippen LogP contribution < -0.4 is 0 Å². The third kappa shape index (κ3) is 3.02. The molecule has 8 heteroatoms. The highest BCUT2D eigenvalue weighted by Crippen LogP contribution is 2.35. The van der Waals surface area contributed by atoms with Crippen LogP contribution in [-0.2, 0) is 12.6 Å². The largest absolute Gasteiger partial charge is 0.508 e. The van der Waals surface area contributed by atoms with Crippen molar-refractivity contribution in [2.24, 2.45) is 4.99 Å². The van der Waals surface area contributed by atoms with Crippen molar-refractivity contribution in [3.05, 3.63) is 47.4 Å². The third-order valence-electron chi connectivity index (χ3n) is 4.57. The van der Waals surface area contributed by atoms with Gasteiger partial charge in [0.15, 0.2) is 5.82 Å². The zero-order valence-corrected chi connectivity index (χ0v) is 13.6.